The summed E-state index contributed by atoms with van der Waals surface area (Å²) in [6.07, 6.45) is 4.90. The van der Waals surface area contributed by atoms with E-state index in [4.69, 9.17) is 5.73 Å². The number of hydrogen-bond acceptors (Lipinski definition) is 4. The Morgan fingerprint density at radius 2 is 2.25 bits per heavy atom. The van der Waals surface area contributed by atoms with Gasteiger partial charge in [-0.05, 0) is 33.6 Å². The second-order valence-electron chi connectivity index (χ2n) is 6.09. The zero-order valence-electron chi connectivity index (χ0n) is 12.7. The van der Waals surface area contributed by atoms with Crippen molar-refractivity contribution >= 4 is 17.2 Å². The highest BCUT2D eigenvalue weighted by molar-refractivity contribution is 7.11. The fourth-order valence-electron chi connectivity index (χ4n) is 2.85. The first kappa shape index (κ1) is 15.4. The molecule has 20 heavy (non-hydrogen) atoms. The molecule has 2 atom stereocenters. The quantitative estimate of drug-likeness (QED) is 0.896. The monoisotopic (exact) mass is 295 g/mol. The lowest BCUT2D eigenvalue weighted by Gasteiger charge is -2.37. The molecule has 1 fully saturated rings. The standard InChI is InChI=1S/C15H25N3OS/c1-10-11(2)20-13(18-10)7-9-17-14(19)12-6-4-5-8-15(12,3)16/h12H,4-9,16H2,1-3H3,(H,17,19). The minimum Gasteiger partial charge on any atom is -0.355 e. The normalized spacial score (nSPS) is 26.5. The molecule has 1 aromatic rings. The number of nitrogens with zero attached hydrogens (tertiary/aromatic N) is 1. The molecule has 1 amide bonds. The van der Waals surface area contributed by atoms with E-state index in [-0.39, 0.29) is 17.4 Å². The second-order valence-corrected chi connectivity index (χ2v) is 7.38. The van der Waals surface area contributed by atoms with Crippen LogP contribution in [0.25, 0.3) is 0 Å². The molecule has 112 valence electrons. The van der Waals surface area contributed by atoms with Crippen molar-refractivity contribution in [2.45, 2.75) is 58.4 Å². The molecule has 2 rings (SSSR count). The van der Waals surface area contributed by atoms with Gasteiger partial charge in [0.1, 0.15) is 0 Å². The molecular weight excluding hydrogens is 270 g/mol. The number of hydrogen-bond donors (Lipinski definition) is 2. The fraction of sp³-hybridized carbons (Fsp3) is 0.733. The lowest BCUT2D eigenvalue weighted by molar-refractivity contribution is -0.128. The zero-order chi connectivity index (χ0) is 14.8. The highest BCUT2D eigenvalue weighted by Crippen LogP contribution is 2.31. The third-order valence-electron chi connectivity index (χ3n) is 4.28. The van der Waals surface area contributed by atoms with E-state index in [0.717, 1.165) is 42.8 Å². The molecule has 2 unspecified atom stereocenters. The summed E-state index contributed by atoms with van der Waals surface area (Å²) in [5.41, 5.74) is 7.00. The Bertz CT molecular complexity index is 462. The maximum Gasteiger partial charge on any atom is 0.224 e. The van der Waals surface area contributed by atoms with E-state index >= 15 is 0 Å². The Labute approximate surface area is 125 Å². The number of nitrogens with one attached hydrogen (secondary N) is 1. The number of rotatable bonds is 4. The highest BCUT2D eigenvalue weighted by atomic mass is 32.1. The lowest BCUT2D eigenvalue weighted by atomic mass is 9.74. The summed E-state index contributed by atoms with van der Waals surface area (Å²) in [4.78, 5) is 18.0. The maximum atomic E-state index is 12.3. The van der Waals surface area contributed by atoms with Crippen molar-refractivity contribution in [2.75, 3.05) is 6.54 Å². The van der Waals surface area contributed by atoms with Crippen LogP contribution in [0.15, 0.2) is 0 Å². The van der Waals surface area contributed by atoms with Crippen LogP contribution >= 0.6 is 11.3 Å². The number of carbonyl (C=O) groups excluding carboxylic acids is 1. The van der Waals surface area contributed by atoms with Gasteiger partial charge in [-0.2, -0.15) is 0 Å². The Morgan fingerprint density at radius 1 is 1.50 bits per heavy atom. The van der Waals surface area contributed by atoms with Crippen LogP contribution in [0.2, 0.25) is 0 Å². The first-order valence-electron chi connectivity index (χ1n) is 7.39. The largest absolute Gasteiger partial charge is 0.355 e. The predicted molar refractivity (Wildman–Crippen MR) is 82.9 cm³/mol. The van der Waals surface area contributed by atoms with Gasteiger partial charge < -0.3 is 11.1 Å². The molecule has 0 spiro atoms. The maximum absolute atomic E-state index is 12.3. The van der Waals surface area contributed by atoms with Crippen molar-refractivity contribution in [1.29, 1.82) is 0 Å². The summed E-state index contributed by atoms with van der Waals surface area (Å²) in [7, 11) is 0. The molecule has 1 aliphatic carbocycles. The molecule has 0 bridgehead atoms. The summed E-state index contributed by atoms with van der Waals surface area (Å²) in [6, 6.07) is 0. The van der Waals surface area contributed by atoms with Crippen LogP contribution < -0.4 is 11.1 Å². The van der Waals surface area contributed by atoms with E-state index in [1.54, 1.807) is 11.3 Å². The fourth-order valence-corrected chi connectivity index (χ4v) is 3.78. The Balaban J connectivity index is 1.83. The Kier molecular flexibility index (Phi) is 4.81. The summed E-state index contributed by atoms with van der Waals surface area (Å²) >= 11 is 1.71. The third-order valence-corrected chi connectivity index (χ3v) is 5.41. The average Bonchev–Trinajstić information content (AvgIpc) is 2.68. The molecule has 1 aliphatic rings. The van der Waals surface area contributed by atoms with Crippen molar-refractivity contribution in [3.8, 4) is 0 Å². The van der Waals surface area contributed by atoms with Gasteiger partial charge in [0.15, 0.2) is 0 Å². The molecule has 0 saturated heterocycles. The number of carbonyl (C=O) groups is 1. The smallest absolute Gasteiger partial charge is 0.224 e. The van der Waals surface area contributed by atoms with Crippen LogP contribution in [0.1, 0.15) is 48.2 Å². The van der Waals surface area contributed by atoms with Gasteiger partial charge in [-0.25, -0.2) is 4.98 Å². The van der Waals surface area contributed by atoms with Gasteiger partial charge in [-0.3, -0.25) is 4.79 Å². The third kappa shape index (κ3) is 3.58. The van der Waals surface area contributed by atoms with Crippen molar-refractivity contribution in [3.05, 3.63) is 15.6 Å². The number of amides is 1. The zero-order valence-corrected chi connectivity index (χ0v) is 13.5. The van der Waals surface area contributed by atoms with Gasteiger partial charge in [0, 0.05) is 23.4 Å². The first-order chi connectivity index (χ1) is 9.40. The van der Waals surface area contributed by atoms with Gasteiger partial charge in [-0.1, -0.05) is 12.8 Å². The molecule has 0 aromatic carbocycles. The number of aromatic nitrogens is 1. The topological polar surface area (TPSA) is 68.0 Å². The minimum atomic E-state index is -0.351. The lowest BCUT2D eigenvalue weighted by Crippen LogP contribution is -2.53. The van der Waals surface area contributed by atoms with Gasteiger partial charge in [0.05, 0.1) is 16.6 Å². The van der Waals surface area contributed by atoms with Crippen molar-refractivity contribution in [3.63, 3.8) is 0 Å². The minimum absolute atomic E-state index is 0.0454. The summed E-state index contributed by atoms with van der Waals surface area (Å²) < 4.78 is 0. The van der Waals surface area contributed by atoms with E-state index in [1.165, 1.54) is 4.88 Å². The van der Waals surface area contributed by atoms with Crippen LogP contribution in [0, 0.1) is 19.8 Å². The van der Waals surface area contributed by atoms with Crippen LogP contribution in [0.5, 0.6) is 0 Å². The molecule has 0 aliphatic heterocycles. The van der Waals surface area contributed by atoms with Gasteiger partial charge in [0.25, 0.3) is 0 Å². The molecule has 3 N–H and O–H groups in total. The van der Waals surface area contributed by atoms with Crippen molar-refractivity contribution in [2.24, 2.45) is 11.7 Å². The summed E-state index contributed by atoms with van der Waals surface area (Å²) in [6.45, 7) is 6.76. The van der Waals surface area contributed by atoms with E-state index in [2.05, 4.69) is 17.2 Å². The van der Waals surface area contributed by atoms with Crippen LogP contribution in [0.3, 0.4) is 0 Å². The SMILES string of the molecule is Cc1nc(CCNC(=O)C2CCCCC2(C)N)sc1C. The summed E-state index contributed by atoms with van der Waals surface area (Å²) in [5.74, 6) is 0.0655. The Morgan fingerprint density at radius 3 is 2.85 bits per heavy atom. The van der Waals surface area contributed by atoms with Crippen molar-refractivity contribution < 1.29 is 4.79 Å². The number of aryl methyl sites for hydroxylation is 2. The molecule has 5 heteroatoms. The van der Waals surface area contributed by atoms with Gasteiger partial charge >= 0.3 is 0 Å². The van der Waals surface area contributed by atoms with Crippen molar-refractivity contribution in [1.82, 2.24) is 10.3 Å². The predicted octanol–water partition coefficient (Wildman–Crippen LogP) is 2.33. The number of nitrogens with two attached hydrogens (primary N) is 1. The van der Waals surface area contributed by atoms with E-state index in [0.29, 0.717) is 6.54 Å². The number of thiazole rings is 1. The van der Waals surface area contributed by atoms with Crippen LogP contribution in [-0.4, -0.2) is 23.0 Å². The Hall–Kier alpha value is -0.940. The molecule has 4 nitrogen and oxygen atoms in total. The van der Waals surface area contributed by atoms with Crippen LogP contribution in [-0.2, 0) is 11.2 Å². The van der Waals surface area contributed by atoms with Crippen LogP contribution in [0.4, 0.5) is 0 Å². The van der Waals surface area contributed by atoms with E-state index in [9.17, 15) is 4.79 Å². The highest BCUT2D eigenvalue weighted by Gasteiger charge is 2.37. The first-order valence-corrected chi connectivity index (χ1v) is 8.21. The molecule has 1 aromatic heterocycles. The van der Waals surface area contributed by atoms with E-state index < -0.39 is 0 Å². The van der Waals surface area contributed by atoms with E-state index in [1.807, 2.05) is 13.8 Å². The molecular formula is C15H25N3OS. The van der Waals surface area contributed by atoms with Gasteiger partial charge in [0.2, 0.25) is 5.91 Å². The van der Waals surface area contributed by atoms with Gasteiger partial charge in [-0.15, -0.1) is 11.3 Å². The molecule has 0 radical (unpaired) electrons. The summed E-state index contributed by atoms with van der Waals surface area (Å²) in [5, 5.41) is 4.13. The molecule has 1 heterocycles. The molecule has 1 saturated carbocycles. The second kappa shape index (κ2) is 6.22. The average molecular weight is 295 g/mol.